The van der Waals surface area contributed by atoms with E-state index in [9.17, 15) is 0 Å². The smallest absolute Gasteiger partial charge is 0.157 e. The van der Waals surface area contributed by atoms with E-state index in [4.69, 9.17) is 10.5 Å². The number of ether oxygens (including phenoxy) is 1. The number of anilines is 1. The maximum absolute atomic E-state index is 5.80. The van der Waals surface area contributed by atoms with Crippen molar-refractivity contribution in [2.45, 2.75) is 13.5 Å². The lowest BCUT2D eigenvalue weighted by atomic mass is 10.1. The predicted octanol–water partition coefficient (Wildman–Crippen LogP) is 3.02. The first-order valence-corrected chi connectivity index (χ1v) is 6.46. The van der Waals surface area contributed by atoms with Gasteiger partial charge in [-0.05, 0) is 13.0 Å². The summed E-state index contributed by atoms with van der Waals surface area (Å²) in [6, 6.07) is 9.63. The molecule has 0 saturated carbocycles. The van der Waals surface area contributed by atoms with E-state index in [0.717, 1.165) is 15.7 Å². The Balaban J connectivity index is 2.39. The summed E-state index contributed by atoms with van der Waals surface area (Å²) in [7, 11) is 0. The van der Waals surface area contributed by atoms with Crippen LogP contribution in [0.2, 0.25) is 0 Å². The van der Waals surface area contributed by atoms with Crippen molar-refractivity contribution in [3.63, 3.8) is 0 Å². The highest BCUT2D eigenvalue weighted by Gasteiger charge is 2.07. The zero-order valence-electron chi connectivity index (χ0n) is 10.1. The Kier molecular flexibility index (Phi) is 4.28. The van der Waals surface area contributed by atoms with E-state index in [1.807, 2.05) is 31.2 Å². The van der Waals surface area contributed by atoms with Crippen LogP contribution in [0.3, 0.4) is 0 Å². The fraction of sp³-hybridized carbons (Fsp3) is 0.231. The molecule has 2 N–H and O–H groups in total. The molecule has 0 bridgehead atoms. The molecule has 0 amide bonds. The number of benzene rings is 1. The molecular formula is C13H14BrN3O. The van der Waals surface area contributed by atoms with E-state index < -0.39 is 0 Å². The second-order valence-electron chi connectivity index (χ2n) is 3.71. The molecule has 4 nitrogen and oxygen atoms in total. The molecule has 18 heavy (non-hydrogen) atoms. The van der Waals surface area contributed by atoms with Gasteiger partial charge in [0.25, 0.3) is 0 Å². The molecule has 0 fully saturated rings. The molecule has 0 unspecified atom stereocenters. The summed E-state index contributed by atoms with van der Waals surface area (Å²) in [5, 5.41) is 0. The maximum atomic E-state index is 5.80. The molecule has 1 aromatic carbocycles. The van der Waals surface area contributed by atoms with Gasteiger partial charge in [-0.2, -0.15) is 0 Å². The molecule has 5 heteroatoms. The van der Waals surface area contributed by atoms with Gasteiger partial charge in [-0.25, -0.2) is 9.97 Å². The van der Waals surface area contributed by atoms with E-state index >= 15 is 0 Å². The lowest BCUT2D eigenvalue weighted by Gasteiger charge is -2.07. The highest BCUT2D eigenvalue weighted by Crippen LogP contribution is 2.27. The van der Waals surface area contributed by atoms with E-state index in [1.165, 1.54) is 0 Å². The summed E-state index contributed by atoms with van der Waals surface area (Å²) in [6.45, 7) is 2.93. The Morgan fingerprint density at radius 1 is 1.28 bits per heavy atom. The summed E-state index contributed by atoms with van der Waals surface area (Å²) < 4.78 is 6.28. The molecule has 0 saturated heterocycles. The molecule has 0 aliphatic carbocycles. The van der Waals surface area contributed by atoms with Gasteiger partial charge in [0.2, 0.25) is 0 Å². The van der Waals surface area contributed by atoms with Gasteiger partial charge in [0, 0.05) is 22.7 Å². The quantitative estimate of drug-likeness (QED) is 0.943. The van der Waals surface area contributed by atoms with Gasteiger partial charge in [0.15, 0.2) is 5.82 Å². The monoisotopic (exact) mass is 307 g/mol. The standard InChI is InChI=1S/C13H14BrN3O/c1-2-18-8-13-16-11(7-12(15)17-13)9-5-3-4-6-10(9)14/h3-7H,2,8H2,1H3,(H2,15,16,17). The van der Waals surface area contributed by atoms with Crippen molar-refractivity contribution < 1.29 is 4.74 Å². The van der Waals surface area contributed by atoms with Crippen molar-refractivity contribution in [3.05, 3.63) is 40.6 Å². The van der Waals surface area contributed by atoms with Crippen LogP contribution in [-0.2, 0) is 11.3 Å². The second-order valence-corrected chi connectivity index (χ2v) is 4.57. The highest BCUT2D eigenvalue weighted by molar-refractivity contribution is 9.10. The lowest BCUT2D eigenvalue weighted by Crippen LogP contribution is -2.03. The number of hydrogen-bond acceptors (Lipinski definition) is 4. The Hall–Kier alpha value is -1.46. The topological polar surface area (TPSA) is 61.0 Å². The third-order valence-electron chi connectivity index (χ3n) is 2.38. The van der Waals surface area contributed by atoms with Gasteiger partial charge >= 0.3 is 0 Å². The van der Waals surface area contributed by atoms with Crippen LogP contribution in [0.5, 0.6) is 0 Å². The molecule has 0 aliphatic heterocycles. The van der Waals surface area contributed by atoms with Gasteiger partial charge in [-0.1, -0.05) is 34.1 Å². The summed E-state index contributed by atoms with van der Waals surface area (Å²) in [4.78, 5) is 8.61. The number of hydrogen-bond donors (Lipinski definition) is 1. The largest absolute Gasteiger partial charge is 0.384 e. The molecule has 2 rings (SSSR count). The first kappa shape index (κ1) is 13.0. The number of nitrogens with two attached hydrogens (primary N) is 1. The molecule has 0 spiro atoms. The van der Waals surface area contributed by atoms with Gasteiger partial charge in [-0.15, -0.1) is 0 Å². The van der Waals surface area contributed by atoms with Crippen LogP contribution in [0.15, 0.2) is 34.8 Å². The SMILES string of the molecule is CCOCc1nc(N)cc(-c2ccccc2Br)n1. The summed E-state index contributed by atoms with van der Waals surface area (Å²) in [5.74, 6) is 1.05. The third kappa shape index (κ3) is 3.05. The van der Waals surface area contributed by atoms with Crippen molar-refractivity contribution in [2.75, 3.05) is 12.3 Å². The van der Waals surface area contributed by atoms with E-state index in [-0.39, 0.29) is 0 Å². The number of rotatable bonds is 4. The van der Waals surface area contributed by atoms with Crippen molar-refractivity contribution in [2.24, 2.45) is 0 Å². The average molecular weight is 308 g/mol. The molecule has 0 radical (unpaired) electrons. The molecular weight excluding hydrogens is 294 g/mol. The van der Waals surface area contributed by atoms with Gasteiger partial charge in [0.05, 0.1) is 5.69 Å². The summed E-state index contributed by atoms with van der Waals surface area (Å²) in [5.41, 5.74) is 7.58. The molecule has 2 aromatic rings. The summed E-state index contributed by atoms with van der Waals surface area (Å²) in [6.07, 6.45) is 0. The lowest BCUT2D eigenvalue weighted by molar-refractivity contribution is 0.128. The zero-order chi connectivity index (χ0) is 13.0. The zero-order valence-corrected chi connectivity index (χ0v) is 11.6. The molecule has 0 aliphatic rings. The minimum Gasteiger partial charge on any atom is -0.384 e. The maximum Gasteiger partial charge on any atom is 0.157 e. The van der Waals surface area contributed by atoms with Crippen molar-refractivity contribution in [1.82, 2.24) is 9.97 Å². The second kappa shape index (κ2) is 5.93. The van der Waals surface area contributed by atoms with Crippen LogP contribution in [0.1, 0.15) is 12.7 Å². The highest BCUT2D eigenvalue weighted by atomic mass is 79.9. The average Bonchev–Trinajstić information content (AvgIpc) is 2.36. The van der Waals surface area contributed by atoms with E-state index in [2.05, 4.69) is 25.9 Å². The van der Waals surface area contributed by atoms with Gasteiger partial charge in [-0.3, -0.25) is 0 Å². The number of nitrogens with zero attached hydrogens (tertiary/aromatic N) is 2. The molecule has 1 heterocycles. The van der Waals surface area contributed by atoms with Crippen molar-refractivity contribution >= 4 is 21.7 Å². The number of nitrogen functional groups attached to an aromatic ring is 1. The van der Waals surface area contributed by atoms with Crippen LogP contribution < -0.4 is 5.73 Å². The van der Waals surface area contributed by atoms with E-state index in [1.54, 1.807) is 6.07 Å². The first-order chi connectivity index (χ1) is 8.70. The van der Waals surface area contributed by atoms with Crippen molar-refractivity contribution in [3.8, 4) is 11.3 Å². The first-order valence-electron chi connectivity index (χ1n) is 5.66. The third-order valence-corrected chi connectivity index (χ3v) is 3.07. The summed E-state index contributed by atoms with van der Waals surface area (Å²) >= 11 is 3.50. The van der Waals surface area contributed by atoms with Crippen LogP contribution in [0.25, 0.3) is 11.3 Å². The Morgan fingerprint density at radius 3 is 2.78 bits per heavy atom. The Morgan fingerprint density at radius 2 is 2.06 bits per heavy atom. The fourth-order valence-corrected chi connectivity index (χ4v) is 2.07. The molecule has 94 valence electrons. The minimum atomic E-state index is 0.374. The Bertz CT molecular complexity index is 546. The normalized spacial score (nSPS) is 10.6. The van der Waals surface area contributed by atoms with Gasteiger partial charge in [0.1, 0.15) is 12.4 Å². The van der Waals surface area contributed by atoms with Gasteiger partial charge < -0.3 is 10.5 Å². The fourth-order valence-electron chi connectivity index (χ4n) is 1.58. The van der Waals surface area contributed by atoms with Crippen molar-refractivity contribution in [1.29, 1.82) is 0 Å². The molecule has 1 aromatic heterocycles. The van der Waals surface area contributed by atoms with E-state index in [0.29, 0.717) is 24.9 Å². The number of aromatic nitrogens is 2. The van der Waals surface area contributed by atoms with Crippen LogP contribution in [0, 0.1) is 0 Å². The molecule has 0 atom stereocenters. The van der Waals surface area contributed by atoms with Crippen LogP contribution >= 0.6 is 15.9 Å². The minimum absolute atomic E-state index is 0.374. The van der Waals surface area contributed by atoms with Crippen LogP contribution in [0.4, 0.5) is 5.82 Å². The predicted molar refractivity (Wildman–Crippen MR) is 74.9 cm³/mol. The Labute approximate surface area is 114 Å². The number of halogens is 1. The van der Waals surface area contributed by atoms with Crippen LogP contribution in [-0.4, -0.2) is 16.6 Å².